The van der Waals surface area contributed by atoms with E-state index in [0.717, 1.165) is 12.1 Å². The molecule has 1 aromatic carbocycles. The molecule has 106 valence electrons. The lowest BCUT2D eigenvalue weighted by Crippen LogP contribution is -2.43. The summed E-state index contributed by atoms with van der Waals surface area (Å²) in [6.45, 7) is 0.433. The molecule has 2 aliphatic heterocycles. The zero-order chi connectivity index (χ0) is 14.3. The molecule has 0 aromatic heterocycles. The molecule has 0 saturated carbocycles. The van der Waals surface area contributed by atoms with E-state index in [-0.39, 0.29) is 18.1 Å². The van der Waals surface area contributed by atoms with Crippen molar-refractivity contribution in [2.75, 3.05) is 13.2 Å². The normalized spacial score (nSPS) is 22.6. The van der Waals surface area contributed by atoms with E-state index in [1.807, 2.05) is 6.08 Å². The minimum atomic E-state index is -1.51. The van der Waals surface area contributed by atoms with Gasteiger partial charge in [-0.25, -0.2) is 13.2 Å². The molecule has 1 amide bonds. The number of carbonyl (C=O) groups excluding carboxylic acids is 1. The average molecular weight is 283 g/mol. The zero-order valence-electron chi connectivity index (χ0n) is 10.5. The van der Waals surface area contributed by atoms with Crippen molar-refractivity contribution in [3.63, 3.8) is 0 Å². The Labute approximate surface area is 113 Å². The van der Waals surface area contributed by atoms with E-state index in [4.69, 9.17) is 4.74 Å². The molecule has 2 heterocycles. The first-order valence-electron chi connectivity index (χ1n) is 6.31. The highest BCUT2D eigenvalue weighted by Gasteiger charge is 2.34. The Kier molecular flexibility index (Phi) is 3.25. The van der Waals surface area contributed by atoms with Crippen LogP contribution in [0.25, 0.3) is 0 Å². The van der Waals surface area contributed by atoms with Gasteiger partial charge in [0.05, 0.1) is 19.3 Å². The fraction of sp³-hybridized carbons (Fsp3) is 0.357. The Morgan fingerprint density at radius 3 is 2.60 bits per heavy atom. The summed E-state index contributed by atoms with van der Waals surface area (Å²) in [5, 5.41) is 0. The maximum Gasteiger partial charge on any atom is 0.227 e. The molecule has 20 heavy (non-hydrogen) atoms. The first-order chi connectivity index (χ1) is 9.58. The van der Waals surface area contributed by atoms with Gasteiger partial charge in [0.25, 0.3) is 0 Å². The third kappa shape index (κ3) is 2.10. The molecule has 1 fully saturated rings. The highest BCUT2D eigenvalue weighted by atomic mass is 19.2. The van der Waals surface area contributed by atoms with Crippen molar-refractivity contribution in [1.29, 1.82) is 0 Å². The standard InChI is InChI=1S/C14H12F3NO2/c15-10-4-8(5-11(16)14(10)17)12-7-20-6-9-2-1-3-13(19)18(9)12/h2,4-5,12H,1,3,6-7H2. The maximum absolute atomic E-state index is 13.3. The molecule has 0 radical (unpaired) electrons. The van der Waals surface area contributed by atoms with Gasteiger partial charge in [-0.2, -0.15) is 0 Å². The number of hydrogen-bond acceptors (Lipinski definition) is 2. The first kappa shape index (κ1) is 13.2. The number of morpholine rings is 1. The van der Waals surface area contributed by atoms with Gasteiger partial charge in [-0.1, -0.05) is 6.08 Å². The number of benzene rings is 1. The number of nitrogens with zero attached hydrogens (tertiary/aromatic N) is 1. The molecule has 1 saturated heterocycles. The number of rotatable bonds is 1. The fourth-order valence-electron chi connectivity index (χ4n) is 2.61. The van der Waals surface area contributed by atoms with Crippen molar-refractivity contribution in [3.05, 3.63) is 46.9 Å². The molecule has 6 heteroatoms. The zero-order valence-corrected chi connectivity index (χ0v) is 10.5. The maximum atomic E-state index is 13.3. The minimum Gasteiger partial charge on any atom is -0.373 e. The first-order valence-corrected chi connectivity index (χ1v) is 6.31. The van der Waals surface area contributed by atoms with Crippen molar-refractivity contribution in [3.8, 4) is 0 Å². The Morgan fingerprint density at radius 1 is 1.20 bits per heavy atom. The lowest BCUT2D eigenvalue weighted by atomic mass is 10.00. The van der Waals surface area contributed by atoms with Crippen molar-refractivity contribution in [2.45, 2.75) is 18.9 Å². The molecule has 0 bridgehead atoms. The fourth-order valence-corrected chi connectivity index (χ4v) is 2.61. The Bertz CT molecular complexity index is 577. The van der Waals surface area contributed by atoms with Gasteiger partial charge < -0.3 is 9.64 Å². The smallest absolute Gasteiger partial charge is 0.227 e. The van der Waals surface area contributed by atoms with Crippen molar-refractivity contribution >= 4 is 5.91 Å². The summed E-state index contributed by atoms with van der Waals surface area (Å²) < 4.78 is 45.1. The SMILES string of the molecule is O=C1CCC=C2COCC(c3cc(F)c(F)c(F)c3)N12. The molecular weight excluding hydrogens is 271 g/mol. The van der Waals surface area contributed by atoms with Crippen LogP contribution in [0.5, 0.6) is 0 Å². The summed E-state index contributed by atoms with van der Waals surface area (Å²) in [5.74, 6) is -4.15. The number of ether oxygens (including phenoxy) is 1. The summed E-state index contributed by atoms with van der Waals surface area (Å²) >= 11 is 0. The molecule has 1 unspecified atom stereocenters. The molecule has 3 rings (SSSR count). The van der Waals surface area contributed by atoms with Crippen LogP contribution in [0, 0.1) is 17.5 Å². The van der Waals surface area contributed by atoms with Gasteiger partial charge >= 0.3 is 0 Å². The Morgan fingerprint density at radius 2 is 1.90 bits per heavy atom. The van der Waals surface area contributed by atoms with Crippen molar-refractivity contribution in [1.82, 2.24) is 4.90 Å². The second-order valence-electron chi connectivity index (χ2n) is 4.83. The molecule has 2 aliphatic rings. The topological polar surface area (TPSA) is 29.5 Å². The summed E-state index contributed by atoms with van der Waals surface area (Å²) in [4.78, 5) is 13.5. The number of halogens is 3. The van der Waals surface area contributed by atoms with Gasteiger partial charge in [0.2, 0.25) is 5.91 Å². The largest absolute Gasteiger partial charge is 0.373 e. The third-order valence-corrected chi connectivity index (χ3v) is 3.54. The molecule has 0 aliphatic carbocycles. The lowest BCUT2D eigenvalue weighted by Gasteiger charge is -2.39. The summed E-state index contributed by atoms with van der Waals surface area (Å²) in [6, 6.07) is 1.21. The number of amides is 1. The summed E-state index contributed by atoms with van der Waals surface area (Å²) in [6.07, 6.45) is 2.86. The van der Waals surface area contributed by atoms with E-state index in [1.54, 1.807) is 0 Å². The summed E-state index contributed by atoms with van der Waals surface area (Å²) in [5.41, 5.74) is 0.893. The van der Waals surface area contributed by atoms with Crippen molar-refractivity contribution in [2.24, 2.45) is 0 Å². The van der Waals surface area contributed by atoms with Crippen LogP contribution < -0.4 is 0 Å². The number of allylic oxidation sites excluding steroid dienone is 1. The van der Waals surface area contributed by atoms with Crippen LogP contribution in [-0.2, 0) is 9.53 Å². The van der Waals surface area contributed by atoms with Crippen LogP contribution in [0.1, 0.15) is 24.4 Å². The Balaban J connectivity index is 2.02. The predicted molar refractivity (Wildman–Crippen MR) is 64.0 cm³/mol. The van der Waals surface area contributed by atoms with E-state index < -0.39 is 23.5 Å². The lowest BCUT2D eigenvalue weighted by molar-refractivity contribution is -0.136. The van der Waals surface area contributed by atoms with E-state index in [9.17, 15) is 18.0 Å². The molecule has 0 N–H and O–H groups in total. The summed E-state index contributed by atoms with van der Waals surface area (Å²) in [7, 11) is 0. The molecule has 1 aromatic rings. The third-order valence-electron chi connectivity index (χ3n) is 3.54. The quantitative estimate of drug-likeness (QED) is 0.742. The van der Waals surface area contributed by atoms with Crippen LogP contribution in [0.4, 0.5) is 13.2 Å². The van der Waals surface area contributed by atoms with Crippen LogP contribution in [0.2, 0.25) is 0 Å². The van der Waals surface area contributed by atoms with E-state index in [2.05, 4.69) is 0 Å². The van der Waals surface area contributed by atoms with E-state index in [0.29, 0.717) is 25.1 Å². The minimum absolute atomic E-state index is 0.110. The molecule has 0 spiro atoms. The van der Waals surface area contributed by atoms with Gasteiger partial charge in [0, 0.05) is 12.1 Å². The van der Waals surface area contributed by atoms with Crippen LogP contribution in [0.3, 0.4) is 0 Å². The van der Waals surface area contributed by atoms with Gasteiger partial charge in [0.15, 0.2) is 17.5 Å². The van der Waals surface area contributed by atoms with Gasteiger partial charge in [-0.05, 0) is 24.1 Å². The molecule has 3 nitrogen and oxygen atoms in total. The van der Waals surface area contributed by atoms with E-state index >= 15 is 0 Å². The predicted octanol–water partition coefficient (Wildman–Crippen LogP) is 2.68. The van der Waals surface area contributed by atoms with Gasteiger partial charge in [-0.15, -0.1) is 0 Å². The highest BCUT2D eigenvalue weighted by molar-refractivity contribution is 5.80. The van der Waals surface area contributed by atoms with E-state index in [1.165, 1.54) is 4.90 Å². The van der Waals surface area contributed by atoms with Gasteiger partial charge in [-0.3, -0.25) is 4.79 Å². The Hall–Kier alpha value is -1.82. The number of hydrogen-bond donors (Lipinski definition) is 0. The number of carbonyl (C=O) groups is 1. The van der Waals surface area contributed by atoms with Crippen LogP contribution in [0.15, 0.2) is 23.9 Å². The van der Waals surface area contributed by atoms with Gasteiger partial charge in [0.1, 0.15) is 0 Å². The van der Waals surface area contributed by atoms with Crippen LogP contribution >= 0.6 is 0 Å². The van der Waals surface area contributed by atoms with Crippen molar-refractivity contribution < 1.29 is 22.7 Å². The monoisotopic (exact) mass is 283 g/mol. The molecule has 1 atom stereocenters. The van der Waals surface area contributed by atoms with Crippen LogP contribution in [-0.4, -0.2) is 24.0 Å². The second-order valence-corrected chi connectivity index (χ2v) is 4.83. The highest BCUT2D eigenvalue weighted by Crippen LogP contribution is 2.33. The number of fused-ring (bicyclic) bond motifs is 1. The molecular formula is C14H12F3NO2. The average Bonchev–Trinajstić information content (AvgIpc) is 2.44. The second kappa shape index (κ2) is 4.94.